The first-order valence-electron chi connectivity index (χ1n) is 5.33. The maximum Gasteiger partial charge on any atom is -0.0297 e. The fourth-order valence-corrected chi connectivity index (χ4v) is 1.91. The van der Waals surface area contributed by atoms with Gasteiger partial charge in [-0.3, -0.25) is 0 Å². The lowest BCUT2D eigenvalue weighted by Crippen LogP contribution is -1.99. The predicted octanol–water partition coefficient (Wildman–Crippen LogP) is 4.15. The third-order valence-electron chi connectivity index (χ3n) is 3.08. The van der Waals surface area contributed by atoms with Gasteiger partial charge in [-0.25, -0.2) is 0 Å². The zero-order valence-corrected chi connectivity index (χ0v) is 8.16. The van der Waals surface area contributed by atoms with Gasteiger partial charge in [0.1, 0.15) is 0 Å². The summed E-state index contributed by atoms with van der Waals surface area (Å²) in [6.07, 6.45) is 11.8. The van der Waals surface area contributed by atoms with E-state index in [0.717, 1.165) is 5.41 Å². The average Bonchev–Trinajstić information content (AvgIpc) is 2.79. The van der Waals surface area contributed by atoms with Gasteiger partial charge in [-0.2, -0.15) is 0 Å². The minimum atomic E-state index is 0.853. The van der Waals surface area contributed by atoms with E-state index < -0.39 is 0 Å². The summed E-state index contributed by atoms with van der Waals surface area (Å²) in [5.41, 5.74) is 0.853. The summed E-state index contributed by atoms with van der Waals surface area (Å²) in [4.78, 5) is 0. The molecule has 0 amide bonds. The van der Waals surface area contributed by atoms with Crippen molar-refractivity contribution in [1.82, 2.24) is 0 Å². The quantitative estimate of drug-likeness (QED) is 0.539. The van der Waals surface area contributed by atoms with Crippen LogP contribution in [0.5, 0.6) is 0 Å². The van der Waals surface area contributed by atoms with E-state index in [4.69, 9.17) is 0 Å². The molecular formula is C11H22. The third kappa shape index (κ3) is 2.84. The second-order valence-electron chi connectivity index (χ2n) is 4.21. The van der Waals surface area contributed by atoms with Crippen LogP contribution in [-0.2, 0) is 0 Å². The molecule has 1 rings (SSSR count). The maximum atomic E-state index is 2.30. The largest absolute Gasteiger partial charge is 0.0654 e. The lowest BCUT2D eigenvalue weighted by Gasteiger charge is -2.12. The molecule has 0 atom stereocenters. The number of rotatable bonds is 6. The molecule has 1 aliphatic carbocycles. The van der Waals surface area contributed by atoms with Crippen molar-refractivity contribution in [3.05, 3.63) is 0 Å². The molecule has 1 fully saturated rings. The zero-order valence-electron chi connectivity index (χ0n) is 8.16. The van der Waals surface area contributed by atoms with Crippen molar-refractivity contribution >= 4 is 0 Å². The molecule has 0 saturated heterocycles. The Morgan fingerprint density at radius 2 is 1.36 bits per heavy atom. The maximum absolute atomic E-state index is 2.30. The molecule has 0 aliphatic heterocycles. The lowest BCUT2D eigenvalue weighted by molar-refractivity contribution is 0.398. The highest BCUT2D eigenvalue weighted by atomic mass is 14.4. The molecule has 0 bridgehead atoms. The molecule has 0 heterocycles. The second kappa shape index (κ2) is 4.13. The van der Waals surface area contributed by atoms with E-state index in [0.29, 0.717) is 0 Å². The second-order valence-corrected chi connectivity index (χ2v) is 4.21. The molecule has 0 aromatic rings. The Morgan fingerprint density at radius 1 is 0.909 bits per heavy atom. The van der Waals surface area contributed by atoms with E-state index in [9.17, 15) is 0 Å². The van der Waals surface area contributed by atoms with Gasteiger partial charge >= 0.3 is 0 Å². The van der Waals surface area contributed by atoms with Gasteiger partial charge in [-0.15, -0.1) is 0 Å². The topological polar surface area (TPSA) is 0 Å². The van der Waals surface area contributed by atoms with Crippen LogP contribution in [0, 0.1) is 5.41 Å². The first-order chi connectivity index (χ1) is 5.33. The van der Waals surface area contributed by atoms with Gasteiger partial charge in [0.25, 0.3) is 0 Å². The fourth-order valence-electron chi connectivity index (χ4n) is 1.91. The molecule has 0 spiro atoms. The van der Waals surface area contributed by atoms with Crippen LogP contribution in [0.4, 0.5) is 0 Å². The molecule has 0 aromatic heterocycles. The lowest BCUT2D eigenvalue weighted by atomic mass is 9.93. The van der Waals surface area contributed by atoms with Crippen molar-refractivity contribution in [2.75, 3.05) is 0 Å². The molecule has 0 heteroatoms. The fraction of sp³-hybridized carbons (Fsp3) is 1.00. The number of hydrogen-bond acceptors (Lipinski definition) is 0. The highest BCUT2D eigenvalue weighted by Gasteiger charge is 2.40. The highest BCUT2D eigenvalue weighted by molar-refractivity contribution is 4.92. The Labute approximate surface area is 71.4 Å². The third-order valence-corrected chi connectivity index (χ3v) is 3.08. The standard InChI is InChI=1S/C11H22/c1-3-5-7-11(9-10-11)8-6-4-2/h3-10H2,1-2H3. The van der Waals surface area contributed by atoms with Crippen molar-refractivity contribution in [2.24, 2.45) is 5.41 Å². The molecule has 1 aliphatic rings. The van der Waals surface area contributed by atoms with Gasteiger partial charge in [0, 0.05) is 0 Å². The molecule has 0 N–H and O–H groups in total. The van der Waals surface area contributed by atoms with E-state index in [1.807, 2.05) is 0 Å². The summed E-state index contributed by atoms with van der Waals surface area (Å²) < 4.78 is 0. The monoisotopic (exact) mass is 154 g/mol. The van der Waals surface area contributed by atoms with E-state index in [-0.39, 0.29) is 0 Å². The van der Waals surface area contributed by atoms with Crippen molar-refractivity contribution in [3.8, 4) is 0 Å². The minimum absolute atomic E-state index is 0.853. The Hall–Kier alpha value is 0. The van der Waals surface area contributed by atoms with E-state index >= 15 is 0 Å². The SMILES string of the molecule is CCCCC1(CCCC)CC1. The summed E-state index contributed by atoms with van der Waals surface area (Å²) in [6, 6.07) is 0. The molecule has 0 unspecified atom stereocenters. The van der Waals surface area contributed by atoms with Crippen molar-refractivity contribution in [2.45, 2.75) is 65.2 Å². The van der Waals surface area contributed by atoms with Gasteiger partial charge in [-0.1, -0.05) is 39.5 Å². The first-order valence-corrected chi connectivity index (χ1v) is 5.33. The van der Waals surface area contributed by atoms with Gasteiger partial charge < -0.3 is 0 Å². The number of unbranched alkanes of at least 4 members (excludes halogenated alkanes) is 2. The summed E-state index contributed by atoms with van der Waals surface area (Å²) in [5.74, 6) is 0. The van der Waals surface area contributed by atoms with Crippen LogP contribution in [0.2, 0.25) is 0 Å². The van der Waals surface area contributed by atoms with Crippen LogP contribution in [0.3, 0.4) is 0 Å². The molecule has 11 heavy (non-hydrogen) atoms. The summed E-state index contributed by atoms with van der Waals surface area (Å²) in [6.45, 7) is 4.60. The van der Waals surface area contributed by atoms with Gasteiger partial charge in [0.2, 0.25) is 0 Å². The normalized spacial score (nSPS) is 20.2. The molecular weight excluding hydrogens is 132 g/mol. The van der Waals surface area contributed by atoms with Crippen LogP contribution in [0.15, 0.2) is 0 Å². The average molecular weight is 154 g/mol. The Bertz CT molecular complexity index is 90.6. The predicted molar refractivity (Wildman–Crippen MR) is 50.7 cm³/mol. The van der Waals surface area contributed by atoms with Crippen molar-refractivity contribution < 1.29 is 0 Å². The van der Waals surface area contributed by atoms with Crippen LogP contribution >= 0.6 is 0 Å². The Morgan fingerprint density at radius 3 is 1.64 bits per heavy atom. The summed E-state index contributed by atoms with van der Waals surface area (Å²) in [7, 11) is 0. The van der Waals surface area contributed by atoms with Gasteiger partial charge in [0.05, 0.1) is 0 Å². The Balaban J connectivity index is 2.08. The highest BCUT2D eigenvalue weighted by Crippen LogP contribution is 2.53. The van der Waals surface area contributed by atoms with Crippen molar-refractivity contribution in [3.63, 3.8) is 0 Å². The Kier molecular flexibility index (Phi) is 3.42. The summed E-state index contributed by atoms with van der Waals surface area (Å²) in [5, 5.41) is 0. The first kappa shape index (κ1) is 9.09. The van der Waals surface area contributed by atoms with Crippen LogP contribution in [0.25, 0.3) is 0 Å². The summed E-state index contributed by atoms with van der Waals surface area (Å²) >= 11 is 0. The molecule has 0 nitrogen and oxygen atoms in total. The van der Waals surface area contributed by atoms with E-state index in [1.165, 1.54) is 51.4 Å². The minimum Gasteiger partial charge on any atom is -0.0654 e. The molecule has 1 saturated carbocycles. The van der Waals surface area contributed by atoms with Crippen LogP contribution in [0.1, 0.15) is 65.2 Å². The number of hydrogen-bond donors (Lipinski definition) is 0. The van der Waals surface area contributed by atoms with E-state index in [2.05, 4.69) is 13.8 Å². The van der Waals surface area contributed by atoms with E-state index in [1.54, 1.807) is 0 Å². The van der Waals surface area contributed by atoms with Crippen LogP contribution in [-0.4, -0.2) is 0 Å². The zero-order chi connectivity index (χ0) is 8.16. The molecule has 66 valence electrons. The van der Waals surface area contributed by atoms with Gasteiger partial charge in [0.15, 0.2) is 0 Å². The van der Waals surface area contributed by atoms with Gasteiger partial charge in [-0.05, 0) is 31.1 Å². The van der Waals surface area contributed by atoms with Crippen LogP contribution < -0.4 is 0 Å². The molecule has 0 radical (unpaired) electrons. The smallest absolute Gasteiger partial charge is 0.0297 e. The molecule has 0 aromatic carbocycles. The van der Waals surface area contributed by atoms with Crippen molar-refractivity contribution in [1.29, 1.82) is 0 Å².